The van der Waals surface area contributed by atoms with Gasteiger partial charge in [-0.15, -0.1) is 0 Å². The molecule has 4 heterocycles. The van der Waals surface area contributed by atoms with Crippen molar-refractivity contribution in [3.05, 3.63) is 77.3 Å². The summed E-state index contributed by atoms with van der Waals surface area (Å²) in [5.74, 6) is 0.755. The van der Waals surface area contributed by atoms with Crippen LogP contribution in [0.15, 0.2) is 49.1 Å². The minimum Gasteiger partial charge on any atom is -0.463 e. The number of anilines is 2. The number of piperazine rings is 1. The maximum absolute atomic E-state index is 12.6. The highest BCUT2D eigenvalue weighted by Crippen LogP contribution is 2.47. The molecule has 3 aliphatic heterocycles. The second kappa shape index (κ2) is 12.9. The molecule has 7 rings (SSSR count). The molecule has 0 spiro atoms. The molecule has 2 aromatic carbocycles. The number of morpholine rings is 1. The van der Waals surface area contributed by atoms with Crippen LogP contribution in [0.5, 0.6) is 6.01 Å². The molecule has 4 aliphatic rings. The smallest absolute Gasteiger partial charge is 0.318 e. The maximum atomic E-state index is 12.6. The van der Waals surface area contributed by atoms with Crippen LogP contribution in [0.3, 0.4) is 0 Å². The molecule has 3 aromatic rings. The quantitative estimate of drug-likeness (QED) is 0.261. The number of ether oxygens (including phenoxy) is 2. The van der Waals surface area contributed by atoms with Gasteiger partial charge in [0.2, 0.25) is 12.5 Å². The molecule has 0 unspecified atom stereocenters. The molecule has 3 fully saturated rings. The van der Waals surface area contributed by atoms with E-state index in [-0.39, 0.29) is 23.9 Å². The molecular formula is C36H43N7O3. The van der Waals surface area contributed by atoms with Crippen molar-refractivity contribution in [3.63, 3.8) is 0 Å². The summed E-state index contributed by atoms with van der Waals surface area (Å²) in [6, 6.07) is 13.2. The lowest BCUT2D eigenvalue weighted by Crippen LogP contribution is -2.56. The number of carbonyl (C=O) groups is 1. The fourth-order valence-electron chi connectivity index (χ4n) is 7.38. The van der Waals surface area contributed by atoms with E-state index in [0.29, 0.717) is 38.8 Å². The van der Waals surface area contributed by atoms with Crippen LogP contribution in [0, 0.1) is 18.9 Å². The summed E-state index contributed by atoms with van der Waals surface area (Å²) in [5, 5.41) is 2.52. The molecule has 10 heteroatoms. The third kappa shape index (κ3) is 6.14. The van der Waals surface area contributed by atoms with Crippen molar-refractivity contribution in [2.75, 3.05) is 82.0 Å². The lowest BCUT2D eigenvalue weighted by atomic mass is 9.99. The Labute approximate surface area is 271 Å². The fourth-order valence-corrected chi connectivity index (χ4v) is 7.38. The van der Waals surface area contributed by atoms with Crippen molar-refractivity contribution in [2.45, 2.75) is 38.8 Å². The molecular weight excluding hydrogens is 578 g/mol. The van der Waals surface area contributed by atoms with Crippen LogP contribution in [0.25, 0.3) is 15.6 Å². The zero-order valence-corrected chi connectivity index (χ0v) is 26.8. The van der Waals surface area contributed by atoms with Crippen LogP contribution in [0.4, 0.5) is 11.5 Å². The zero-order valence-electron chi connectivity index (χ0n) is 26.8. The van der Waals surface area contributed by atoms with E-state index in [1.54, 1.807) is 4.90 Å². The number of nitrogens with zero attached hydrogens (tertiary/aromatic N) is 7. The van der Waals surface area contributed by atoms with Gasteiger partial charge in [0.1, 0.15) is 11.9 Å². The van der Waals surface area contributed by atoms with Crippen molar-refractivity contribution >= 4 is 28.2 Å². The van der Waals surface area contributed by atoms with E-state index in [1.807, 2.05) is 0 Å². The Morgan fingerprint density at radius 3 is 2.67 bits per heavy atom. The molecule has 0 radical (unpaired) electrons. The van der Waals surface area contributed by atoms with E-state index in [4.69, 9.17) is 26.0 Å². The molecule has 1 amide bonds. The topological polar surface area (TPSA) is 78.6 Å². The van der Waals surface area contributed by atoms with E-state index >= 15 is 0 Å². The summed E-state index contributed by atoms with van der Waals surface area (Å²) in [7, 11) is 0. The Bertz CT molecular complexity index is 1650. The van der Waals surface area contributed by atoms with Gasteiger partial charge < -0.3 is 29.0 Å². The van der Waals surface area contributed by atoms with Crippen molar-refractivity contribution in [2.24, 2.45) is 5.41 Å². The van der Waals surface area contributed by atoms with Gasteiger partial charge in [0.05, 0.1) is 32.1 Å². The maximum Gasteiger partial charge on any atom is 0.318 e. The number of rotatable bonds is 9. The fraction of sp³-hybridized carbons (Fsp3) is 0.500. The van der Waals surface area contributed by atoms with Crippen LogP contribution in [0.1, 0.15) is 29.7 Å². The van der Waals surface area contributed by atoms with E-state index < -0.39 is 0 Å². The van der Waals surface area contributed by atoms with E-state index in [1.165, 1.54) is 28.1 Å². The van der Waals surface area contributed by atoms with Gasteiger partial charge >= 0.3 is 6.01 Å². The number of carbonyl (C=O) groups excluding carboxylic acids is 1. The summed E-state index contributed by atoms with van der Waals surface area (Å²) in [5.41, 5.74) is 4.75. The van der Waals surface area contributed by atoms with Crippen LogP contribution >= 0.6 is 0 Å². The first-order chi connectivity index (χ1) is 22.5. The number of fused-ring (bicyclic) bond motifs is 2. The molecule has 0 bridgehead atoms. The molecule has 0 N–H and O–H groups in total. The summed E-state index contributed by atoms with van der Waals surface area (Å²) in [6.07, 6.45) is 4.44. The number of hydrogen-bond acceptors (Lipinski definition) is 8. The normalized spacial score (nSPS) is 21.0. The minimum atomic E-state index is -0.228. The third-order valence-electron chi connectivity index (χ3n) is 10.1. The first-order valence-electron chi connectivity index (χ1n) is 16.5. The molecule has 2 saturated heterocycles. The van der Waals surface area contributed by atoms with E-state index in [9.17, 15) is 4.79 Å². The number of aromatic nitrogens is 2. The molecule has 1 aromatic heterocycles. The van der Waals surface area contributed by atoms with Gasteiger partial charge in [-0.05, 0) is 49.3 Å². The largest absolute Gasteiger partial charge is 0.463 e. The average molecular weight is 622 g/mol. The predicted molar refractivity (Wildman–Crippen MR) is 179 cm³/mol. The van der Waals surface area contributed by atoms with Crippen molar-refractivity contribution < 1.29 is 14.3 Å². The van der Waals surface area contributed by atoms with Gasteiger partial charge in [0.25, 0.3) is 0 Å². The van der Waals surface area contributed by atoms with Gasteiger partial charge in [-0.2, -0.15) is 9.97 Å². The van der Waals surface area contributed by atoms with Crippen LogP contribution in [-0.2, 0) is 22.5 Å². The average Bonchev–Trinajstić information content (AvgIpc) is 3.86. The zero-order chi connectivity index (χ0) is 31.7. The third-order valence-corrected chi connectivity index (χ3v) is 10.1. The Balaban J connectivity index is 1.19. The number of aryl methyl sites for hydroxylation is 1. The summed E-state index contributed by atoms with van der Waals surface area (Å²) in [4.78, 5) is 35.4. The summed E-state index contributed by atoms with van der Waals surface area (Å²) < 4.78 is 12.1. The Morgan fingerprint density at radius 2 is 1.91 bits per heavy atom. The van der Waals surface area contributed by atoms with Gasteiger partial charge in [-0.25, -0.2) is 6.57 Å². The lowest BCUT2D eigenvalue weighted by Gasteiger charge is -2.41. The van der Waals surface area contributed by atoms with Crippen molar-refractivity contribution in [1.29, 1.82) is 0 Å². The number of benzene rings is 2. The summed E-state index contributed by atoms with van der Waals surface area (Å²) in [6.45, 7) is 22.0. The standard InChI is InChI=1S/C36H43N7O3/c1-4-32(44)43-16-15-42(22-28(43)21-37-3)34-29-11-14-41(31-10-6-9-27-8-5-7-26(2)33(27)31)23-30(29)38-35(39-34)46-25-36(12-13-36)24-40-17-19-45-20-18-40/h4-10,28H,1,11-25H2,2H3/t28-/m0/s1. The first kappa shape index (κ1) is 30.5. The molecule has 46 heavy (non-hydrogen) atoms. The molecule has 240 valence electrons. The van der Waals surface area contributed by atoms with Crippen LogP contribution < -0.4 is 14.5 Å². The van der Waals surface area contributed by atoms with Crippen molar-refractivity contribution in [3.8, 4) is 6.01 Å². The van der Waals surface area contributed by atoms with Crippen LogP contribution in [-0.4, -0.2) is 104 Å². The second-order valence-electron chi connectivity index (χ2n) is 13.2. The number of amides is 1. The molecule has 1 atom stereocenters. The predicted octanol–water partition coefficient (Wildman–Crippen LogP) is 4.11. The highest BCUT2D eigenvalue weighted by Gasteiger charge is 2.45. The molecule has 10 nitrogen and oxygen atoms in total. The highest BCUT2D eigenvalue weighted by molar-refractivity contribution is 5.97. The van der Waals surface area contributed by atoms with Gasteiger partial charge in [-0.3, -0.25) is 9.69 Å². The van der Waals surface area contributed by atoms with Gasteiger partial charge in [-0.1, -0.05) is 36.9 Å². The van der Waals surface area contributed by atoms with Gasteiger partial charge in [0, 0.05) is 67.9 Å². The van der Waals surface area contributed by atoms with Crippen molar-refractivity contribution in [1.82, 2.24) is 19.8 Å². The monoisotopic (exact) mass is 621 g/mol. The molecule has 1 aliphatic carbocycles. The lowest BCUT2D eigenvalue weighted by molar-refractivity contribution is -0.128. The van der Waals surface area contributed by atoms with Gasteiger partial charge in [0.15, 0.2) is 0 Å². The highest BCUT2D eigenvalue weighted by atomic mass is 16.5. The Hall–Kier alpha value is -4.20. The SMILES string of the molecule is [C-]#[N+]C[C@H]1CN(c2nc(OCC3(CN4CCOCC4)CC3)nc3c2CCN(c2cccc4cccc(C)c24)C3)CCN1C(=O)C=C. The van der Waals surface area contributed by atoms with E-state index in [2.05, 4.69) is 69.4 Å². The molecule has 1 saturated carbocycles. The first-order valence-corrected chi connectivity index (χ1v) is 16.5. The summed E-state index contributed by atoms with van der Waals surface area (Å²) >= 11 is 0. The number of hydrogen-bond donors (Lipinski definition) is 0. The minimum absolute atomic E-state index is 0.127. The second-order valence-corrected chi connectivity index (χ2v) is 13.2. The Morgan fingerprint density at radius 1 is 1.11 bits per heavy atom. The Kier molecular flexibility index (Phi) is 8.54. The van der Waals surface area contributed by atoms with E-state index in [0.717, 1.165) is 75.7 Å². The van der Waals surface area contributed by atoms with Crippen LogP contribution in [0.2, 0.25) is 0 Å².